The average molecular weight is 321 g/mol. The number of hydrogen-bond acceptors (Lipinski definition) is 6. The smallest absolute Gasteiger partial charge is 0.258 e. The number of thioether (sulfide) groups is 1. The van der Waals surface area contributed by atoms with Crippen LogP contribution < -0.4 is 5.32 Å². The van der Waals surface area contributed by atoms with E-state index in [9.17, 15) is 4.79 Å². The third kappa shape index (κ3) is 2.70. The van der Waals surface area contributed by atoms with Gasteiger partial charge in [0.15, 0.2) is 4.34 Å². The van der Waals surface area contributed by atoms with Crippen molar-refractivity contribution in [2.75, 3.05) is 11.1 Å². The number of benzene rings is 1. The van der Waals surface area contributed by atoms with Crippen LogP contribution in [0.1, 0.15) is 17.3 Å². The van der Waals surface area contributed by atoms with Crippen molar-refractivity contribution in [1.29, 1.82) is 0 Å². The number of nitrogens with one attached hydrogen (secondary N) is 1. The third-order valence-electron chi connectivity index (χ3n) is 2.62. The quantitative estimate of drug-likeness (QED) is 0.580. The van der Waals surface area contributed by atoms with E-state index in [1.54, 1.807) is 23.1 Å². The number of carbonyl (C=O) groups excluding carboxylic acids is 1. The van der Waals surface area contributed by atoms with Gasteiger partial charge in [-0.1, -0.05) is 48.2 Å². The monoisotopic (exact) mass is 321 g/mol. The van der Waals surface area contributed by atoms with Gasteiger partial charge in [0.1, 0.15) is 0 Å². The highest BCUT2D eigenvalue weighted by Crippen LogP contribution is 2.28. The lowest BCUT2D eigenvalue weighted by Crippen LogP contribution is -2.10. The fraction of sp³-hybridized carbons (Fsp3) is 0.154. The Morgan fingerprint density at radius 2 is 2.20 bits per heavy atom. The Labute approximate surface area is 128 Å². The van der Waals surface area contributed by atoms with Crippen LogP contribution in [0.5, 0.6) is 0 Å². The zero-order chi connectivity index (χ0) is 13.9. The maximum atomic E-state index is 12.3. The summed E-state index contributed by atoms with van der Waals surface area (Å²) < 4.78 is 1.98. The first-order valence-corrected chi connectivity index (χ1v) is 8.70. The number of amides is 1. The van der Waals surface area contributed by atoms with E-state index in [1.165, 1.54) is 11.3 Å². The first kappa shape index (κ1) is 13.5. The van der Waals surface area contributed by atoms with Crippen LogP contribution in [0.3, 0.4) is 0 Å². The summed E-state index contributed by atoms with van der Waals surface area (Å²) in [6.45, 7) is 2.06. The zero-order valence-corrected chi connectivity index (χ0v) is 13.1. The summed E-state index contributed by atoms with van der Waals surface area (Å²) in [6.07, 6.45) is 0. The standard InChI is InChI=1S/C13H11N3OS3/c1-2-18-13-16-15-12(20-13)14-11(17)9-7-19-10-6-4-3-5-8(9)10/h3-7H,2H2,1H3,(H,14,15,17). The lowest BCUT2D eigenvalue weighted by Gasteiger charge is -1.99. The number of thiophene rings is 1. The van der Waals surface area contributed by atoms with Crippen molar-refractivity contribution in [3.05, 3.63) is 35.2 Å². The molecule has 0 atom stereocenters. The van der Waals surface area contributed by atoms with Crippen molar-refractivity contribution in [2.45, 2.75) is 11.3 Å². The Morgan fingerprint density at radius 1 is 1.35 bits per heavy atom. The molecular formula is C13H11N3OS3. The van der Waals surface area contributed by atoms with E-state index in [-0.39, 0.29) is 5.91 Å². The van der Waals surface area contributed by atoms with Crippen LogP contribution in [0.4, 0.5) is 5.13 Å². The number of carbonyl (C=O) groups is 1. The van der Waals surface area contributed by atoms with E-state index in [2.05, 4.69) is 22.4 Å². The maximum absolute atomic E-state index is 12.3. The number of anilines is 1. The SMILES string of the molecule is CCSc1nnc(NC(=O)c2csc3ccccc23)s1. The Bertz CT molecular complexity index is 750. The molecule has 0 unspecified atom stereocenters. The number of nitrogens with zero attached hydrogens (tertiary/aromatic N) is 2. The van der Waals surface area contributed by atoms with Gasteiger partial charge in [0, 0.05) is 15.5 Å². The second kappa shape index (κ2) is 5.90. The molecule has 0 aliphatic heterocycles. The number of rotatable bonds is 4. The molecule has 102 valence electrons. The van der Waals surface area contributed by atoms with Gasteiger partial charge in [-0.05, 0) is 11.8 Å². The van der Waals surface area contributed by atoms with Crippen LogP contribution in [0.25, 0.3) is 10.1 Å². The van der Waals surface area contributed by atoms with Crippen molar-refractivity contribution >= 4 is 55.6 Å². The molecule has 1 aromatic carbocycles. The van der Waals surface area contributed by atoms with Gasteiger partial charge in [0.25, 0.3) is 5.91 Å². The van der Waals surface area contributed by atoms with Gasteiger partial charge in [0.05, 0.1) is 5.56 Å². The molecule has 3 aromatic rings. The van der Waals surface area contributed by atoms with E-state index in [0.29, 0.717) is 10.7 Å². The van der Waals surface area contributed by atoms with Crippen molar-refractivity contribution < 1.29 is 4.79 Å². The Balaban J connectivity index is 1.81. The highest BCUT2D eigenvalue weighted by atomic mass is 32.2. The van der Waals surface area contributed by atoms with Gasteiger partial charge < -0.3 is 0 Å². The Kier molecular flexibility index (Phi) is 4.00. The molecule has 20 heavy (non-hydrogen) atoms. The lowest BCUT2D eigenvalue weighted by atomic mass is 10.2. The predicted molar refractivity (Wildman–Crippen MR) is 86.1 cm³/mol. The van der Waals surface area contributed by atoms with E-state index in [1.807, 2.05) is 29.6 Å². The second-order valence-corrected chi connectivity index (χ2v) is 7.31. The minimum absolute atomic E-state index is 0.133. The maximum Gasteiger partial charge on any atom is 0.258 e. The van der Waals surface area contributed by atoms with E-state index in [4.69, 9.17) is 0 Å². The summed E-state index contributed by atoms with van der Waals surface area (Å²) in [5.41, 5.74) is 0.686. The molecule has 0 saturated heterocycles. The molecule has 0 spiro atoms. The largest absolute Gasteiger partial charge is 0.296 e. The van der Waals surface area contributed by atoms with Gasteiger partial charge in [-0.2, -0.15) is 0 Å². The molecule has 0 saturated carbocycles. The molecule has 0 aliphatic carbocycles. The summed E-state index contributed by atoms with van der Waals surface area (Å²) >= 11 is 4.59. The van der Waals surface area contributed by atoms with Gasteiger partial charge in [0.2, 0.25) is 5.13 Å². The summed E-state index contributed by atoms with van der Waals surface area (Å²) in [6, 6.07) is 7.88. The summed E-state index contributed by atoms with van der Waals surface area (Å²) in [5.74, 6) is 0.809. The third-order valence-corrected chi connectivity index (χ3v) is 5.44. The van der Waals surface area contributed by atoms with Crippen LogP contribution in [-0.4, -0.2) is 21.9 Å². The number of aromatic nitrogens is 2. The topological polar surface area (TPSA) is 54.9 Å². The van der Waals surface area contributed by atoms with Crippen LogP contribution in [0.15, 0.2) is 34.0 Å². The fourth-order valence-corrected chi connectivity index (χ4v) is 4.35. The highest BCUT2D eigenvalue weighted by Gasteiger charge is 2.14. The van der Waals surface area contributed by atoms with E-state index < -0.39 is 0 Å². The summed E-state index contributed by atoms with van der Waals surface area (Å²) in [4.78, 5) is 12.3. The number of fused-ring (bicyclic) bond motifs is 1. The number of hydrogen-bond donors (Lipinski definition) is 1. The van der Waals surface area contributed by atoms with Crippen molar-refractivity contribution in [2.24, 2.45) is 0 Å². The normalized spacial score (nSPS) is 10.8. The second-order valence-electron chi connectivity index (χ2n) is 3.91. The van der Waals surface area contributed by atoms with Crippen LogP contribution in [0.2, 0.25) is 0 Å². The van der Waals surface area contributed by atoms with Crippen LogP contribution in [-0.2, 0) is 0 Å². The average Bonchev–Trinajstić information content (AvgIpc) is 3.06. The van der Waals surface area contributed by atoms with Gasteiger partial charge >= 0.3 is 0 Å². The van der Waals surface area contributed by atoms with Gasteiger partial charge in [-0.15, -0.1) is 21.5 Å². The molecule has 0 aliphatic rings. The first-order chi connectivity index (χ1) is 9.78. The van der Waals surface area contributed by atoms with Crippen LogP contribution in [0, 0.1) is 0 Å². The minimum atomic E-state index is -0.133. The Hall–Kier alpha value is -1.44. The first-order valence-electron chi connectivity index (χ1n) is 6.02. The van der Waals surface area contributed by atoms with Crippen molar-refractivity contribution in [3.63, 3.8) is 0 Å². The molecule has 2 aromatic heterocycles. The lowest BCUT2D eigenvalue weighted by molar-refractivity contribution is 0.102. The van der Waals surface area contributed by atoms with Crippen molar-refractivity contribution in [1.82, 2.24) is 10.2 Å². The molecule has 0 fully saturated rings. The summed E-state index contributed by atoms with van der Waals surface area (Å²) in [5, 5.41) is 14.2. The zero-order valence-electron chi connectivity index (χ0n) is 10.6. The van der Waals surface area contributed by atoms with E-state index in [0.717, 1.165) is 20.2 Å². The predicted octanol–water partition coefficient (Wildman–Crippen LogP) is 4.12. The molecule has 4 nitrogen and oxygen atoms in total. The molecule has 1 N–H and O–H groups in total. The molecule has 3 rings (SSSR count). The van der Waals surface area contributed by atoms with Crippen LogP contribution >= 0.6 is 34.4 Å². The molecule has 2 heterocycles. The Morgan fingerprint density at radius 3 is 3.05 bits per heavy atom. The minimum Gasteiger partial charge on any atom is -0.296 e. The molecule has 0 bridgehead atoms. The molecular weight excluding hydrogens is 310 g/mol. The van der Waals surface area contributed by atoms with Gasteiger partial charge in [-0.3, -0.25) is 10.1 Å². The molecule has 1 amide bonds. The fourth-order valence-electron chi connectivity index (χ4n) is 1.76. The van der Waals surface area contributed by atoms with Crippen molar-refractivity contribution in [3.8, 4) is 0 Å². The molecule has 0 radical (unpaired) electrons. The summed E-state index contributed by atoms with van der Waals surface area (Å²) in [7, 11) is 0. The van der Waals surface area contributed by atoms with E-state index >= 15 is 0 Å². The van der Waals surface area contributed by atoms with Gasteiger partial charge in [-0.25, -0.2) is 0 Å². The molecule has 7 heteroatoms. The highest BCUT2D eigenvalue weighted by molar-refractivity contribution is 8.01.